The molecule has 1 N–H and O–H groups in total. The van der Waals surface area contributed by atoms with Gasteiger partial charge in [-0.15, -0.1) is 0 Å². The summed E-state index contributed by atoms with van der Waals surface area (Å²) in [5.74, 6) is 2.84. The largest absolute Gasteiger partial charge is 0.497 e. The van der Waals surface area contributed by atoms with Crippen LogP contribution in [0.5, 0.6) is 5.75 Å². The van der Waals surface area contributed by atoms with Crippen molar-refractivity contribution in [1.29, 1.82) is 0 Å². The average molecular weight is 436 g/mol. The first-order valence-corrected chi connectivity index (χ1v) is 12.5. The Kier molecular flexibility index (Phi) is 6.77. The molecule has 2 aliphatic heterocycles. The lowest BCUT2D eigenvalue weighted by atomic mass is 9.86. The summed E-state index contributed by atoms with van der Waals surface area (Å²) in [6.07, 6.45) is 13.1. The lowest BCUT2D eigenvalue weighted by Gasteiger charge is -2.40. The minimum Gasteiger partial charge on any atom is -0.497 e. The summed E-state index contributed by atoms with van der Waals surface area (Å²) in [7, 11) is 1.76. The quantitative estimate of drug-likeness (QED) is 0.756. The number of hydrogen-bond acceptors (Lipinski definition) is 6. The van der Waals surface area contributed by atoms with Gasteiger partial charge in [0.1, 0.15) is 11.6 Å². The van der Waals surface area contributed by atoms with E-state index in [9.17, 15) is 0 Å². The van der Waals surface area contributed by atoms with E-state index >= 15 is 0 Å². The van der Waals surface area contributed by atoms with Crippen LogP contribution in [0, 0.1) is 0 Å². The number of anilines is 2. The summed E-state index contributed by atoms with van der Waals surface area (Å²) in [5, 5.41) is 3.67. The molecule has 0 saturated carbocycles. The van der Waals surface area contributed by atoms with Crippen LogP contribution in [0.4, 0.5) is 11.8 Å². The molecule has 2 aromatic rings. The second kappa shape index (κ2) is 10.1. The van der Waals surface area contributed by atoms with Crippen LogP contribution < -0.4 is 15.0 Å². The van der Waals surface area contributed by atoms with Gasteiger partial charge in [0.2, 0.25) is 5.95 Å². The van der Waals surface area contributed by atoms with Gasteiger partial charge in [-0.2, -0.15) is 4.98 Å². The molecule has 2 unspecified atom stereocenters. The number of aromatic nitrogens is 2. The van der Waals surface area contributed by atoms with Crippen molar-refractivity contribution in [1.82, 2.24) is 14.9 Å². The van der Waals surface area contributed by atoms with Crippen molar-refractivity contribution in [2.75, 3.05) is 43.5 Å². The SMILES string of the molecule is COc1ccc2c(c1)CC(N1CCCC(Nc3nccc(N4CCCCCC4)n3)C1)CC2. The van der Waals surface area contributed by atoms with Gasteiger partial charge in [-0.3, -0.25) is 4.90 Å². The molecule has 2 fully saturated rings. The fourth-order valence-corrected chi connectivity index (χ4v) is 5.69. The van der Waals surface area contributed by atoms with Gasteiger partial charge in [0, 0.05) is 37.9 Å². The van der Waals surface area contributed by atoms with Gasteiger partial charge in [0.15, 0.2) is 0 Å². The molecule has 0 radical (unpaired) electrons. The van der Waals surface area contributed by atoms with Crippen LogP contribution in [-0.4, -0.2) is 60.2 Å². The molecule has 3 aliphatic rings. The van der Waals surface area contributed by atoms with E-state index in [0.29, 0.717) is 12.1 Å². The molecular formula is C26H37N5O. The van der Waals surface area contributed by atoms with Gasteiger partial charge < -0.3 is 15.0 Å². The third-order valence-corrected chi connectivity index (χ3v) is 7.49. The van der Waals surface area contributed by atoms with E-state index in [1.165, 1.54) is 69.0 Å². The molecule has 32 heavy (non-hydrogen) atoms. The first-order chi connectivity index (χ1) is 15.8. The Hall–Kier alpha value is -2.34. The van der Waals surface area contributed by atoms with E-state index in [1.54, 1.807) is 7.11 Å². The third kappa shape index (κ3) is 5.01. The molecule has 6 nitrogen and oxygen atoms in total. The maximum Gasteiger partial charge on any atom is 0.224 e. The van der Waals surface area contributed by atoms with Crippen molar-refractivity contribution in [2.45, 2.75) is 69.9 Å². The second-order valence-electron chi connectivity index (χ2n) is 9.65. The molecule has 1 aliphatic carbocycles. The monoisotopic (exact) mass is 435 g/mol. The topological polar surface area (TPSA) is 53.5 Å². The van der Waals surface area contributed by atoms with E-state index in [1.807, 2.05) is 6.20 Å². The smallest absolute Gasteiger partial charge is 0.224 e. The van der Waals surface area contributed by atoms with Gasteiger partial charge in [-0.05, 0) is 80.8 Å². The second-order valence-corrected chi connectivity index (χ2v) is 9.65. The number of benzene rings is 1. The molecule has 5 rings (SSSR count). The Morgan fingerprint density at radius 3 is 2.69 bits per heavy atom. The zero-order valence-corrected chi connectivity index (χ0v) is 19.4. The van der Waals surface area contributed by atoms with Crippen molar-refractivity contribution >= 4 is 11.8 Å². The fourth-order valence-electron chi connectivity index (χ4n) is 5.69. The van der Waals surface area contributed by atoms with Crippen LogP contribution in [0.1, 0.15) is 56.1 Å². The van der Waals surface area contributed by atoms with E-state index in [4.69, 9.17) is 9.72 Å². The maximum atomic E-state index is 5.46. The van der Waals surface area contributed by atoms with Crippen molar-refractivity contribution in [3.63, 3.8) is 0 Å². The van der Waals surface area contributed by atoms with Crippen molar-refractivity contribution in [2.24, 2.45) is 0 Å². The molecule has 2 atom stereocenters. The molecule has 1 aromatic heterocycles. The summed E-state index contributed by atoms with van der Waals surface area (Å²) in [6.45, 7) is 4.49. The molecular weight excluding hydrogens is 398 g/mol. The van der Waals surface area contributed by atoms with Gasteiger partial charge in [0.05, 0.1) is 7.11 Å². The highest BCUT2D eigenvalue weighted by Gasteiger charge is 2.29. The number of rotatable bonds is 5. The lowest BCUT2D eigenvalue weighted by Crippen LogP contribution is -2.49. The van der Waals surface area contributed by atoms with Gasteiger partial charge >= 0.3 is 0 Å². The van der Waals surface area contributed by atoms with Crippen LogP contribution >= 0.6 is 0 Å². The predicted octanol–water partition coefficient (Wildman–Crippen LogP) is 4.30. The van der Waals surface area contributed by atoms with Crippen molar-refractivity contribution < 1.29 is 4.74 Å². The van der Waals surface area contributed by atoms with Gasteiger partial charge in [0.25, 0.3) is 0 Å². The Bertz CT molecular complexity index is 896. The molecule has 0 bridgehead atoms. The number of nitrogens with one attached hydrogen (secondary N) is 1. The van der Waals surface area contributed by atoms with Gasteiger partial charge in [-0.1, -0.05) is 18.9 Å². The van der Waals surface area contributed by atoms with Crippen LogP contribution in [-0.2, 0) is 12.8 Å². The van der Waals surface area contributed by atoms with E-state index in [0.717, 1.165) is 43.6 Å². The summed E-state index contributed by atoms with van der Waals surface area (Å²) in [5.41, 5.74) is 2.96. The summed E-state index contributed by atoms with van der Waals surface area (Å²) >= 11 is 0. The minimum atomic E-state index is 0.412. The molecule has 3 heterocycles. The first-order valence-electron chi connectivity index (χ1n) is 12.5. The third-order valence-electron chi connectivity index (χ3n) is 7.49. The standard InChI is InChI=1S/C26H37N5O/c1-32-24-11-9-20-8-10-23(17-21(20)18-24)31-16-6-7-22(19-31)28-26-27-13-12-25(29-26)30-14-4-2-3-5-15-30/h9,11-13,18,22-23H,2-8,10,14-17,19H2,1H3,(H,27,28,29). The Morgan fingerprint density at radius 2 is 1.84 bits per heavy atom. The van der Waals surface area contributed by atoms with Crippen molar-refractivity contribution in [3.05, 3.63) is 41.6 Å². The van der Waals surface area contributed by atoms with Crippen molar-refractivity contribution in [3.8, 4) is 5.75 Å². The van der Waals surface area contributed by atoms with Crippen LogP contribution in [0.15, 0.2) is 30.5 Å². The number of piperidine rings is 1. The zero-order chi connectivity index (χ0) is 21.8. The summed E-state index contributed by atoms with van der Waals surface area (Å²) in [4.78, 5) is 14.6. The number of nitrogens with zero attached hydrogens (tertiary/aromatic N) is 4. The predicted molar refractivity (Wildman–Crippen MR) is 130 cm³/mol. The highest BCUT2D eigenvalue weighted by atomic mass is 16.5. The number of aryl methyl sites for hydroxylation is 1. The van der Waals surface area contributed by atoms with Crippen LogP contribution in [0.25, 0.3) is 0 Å². The molecule has 1 aromatic carbocycles. The lowest BCUT2D eigenvalue weighted by molar-refractivity contribution is 0.142. The number of fused-ring (bicyclic) bond motifs is 1. The number of ether oxygens (including phenoxy) is 1. The minimum absolute atomic E-state index is 0.412. The number of methoxy groups -OCH3 is 1. The number of likely N-dealkylation sites (tertiary alicyclic amines) is 1. The molecule has 0 amide bonds. The summed E-state index contributed by atoms with van der Waals surface area (Å²) in [6, 6.07) is 9.68. The van der Waals surface area contributed by atoms with E-state index in [2.05, 4.69) is 44.4 Å². The Morgan fingerprint density at radius 1 is 0.969 bits per heavy atom. The normalized spacial score (nSPS) is 24.5. The first kappa shape index (κ1) is 21.5. The van der Waals surface area contributed by atoms with E-state index < -0.39 is 0 Å². The average Bonchev–Trinajstić information content (AvgIpc) is 3.13. The fraction of sp³-hybridized carbons (Fsp3) is 0.615. The number of hydrogen-bond donors (Lipinski definition) is 1. The van der Waals surface area contributed by atoms with Gasteiger partial charge in [-0.25, -0.2) is 4.98 Å². The molecule has 6 heteroatoms. The highest BCUT2D eigenvalue weighted by molar-refractivity contribution is 5.43. The Balaban J connectivity index is 1.21. The Labute approximate surface area is 192 Å². The molecule has 172 valence electrons. The highest BCUT2D eigenvalue weighted by Crippen LogP contribution is 2.29. The van der Waals surface area contributed by atoms with Crippen LogP contribution in [0.3, 0.4) is 0 Å². The van der Waals surface area contributed by atoms with Crippen LogP contribution in [0.2, 0.25) is 0 Å². The zero-order valence-electron chi connectivity index (χ0n) is 19.4. The maximum absolute atomic E-state index is 5.46. The summed E-state index contributed by atoms with van der Waals surface area (Å²) < 4.78 is 5.46. The molecule has 2 saturated heterocycles. The van der Waals surface area contributed by atoms with E-state index in [-0.39, 0.29) is 0 Å². The molecule has 0 spiro atoms.